The molecule has 1 unspecified atom stereocenters. The molecule has 3 atom stereocenters. The van der Waals surface area contributed by atoms with Gasteiger partial charge < -0.3 is 9.64 Å². The third kappa shape index (κ3) is 4.40. The molecule has 3 aromatic heterocycles. The van der Waals surface area contributed by atoms with Crippen LogP contribution in [0, 0.1) is 18.8 Å². The van der Waals surface area contributed by atoms with Crippen LogP contribution >= 0.6 is 23.2 Å². The van der Waals surface area contributed by atoms with Gasteiger partial charge in [-0.25, -0.2) is 19.9 Å². The first-order valence-electron chi connectivity index (χ1n) is 10.5. The minimum absolute atomic E-state index is 0.0994. The molecule has 5 rings (SSSR count). The lowest BCUT2D eigenvalue weighted by Gasteiger charge is -2.35. The molecule has 1 aliphatic carbocycles. The van der Waals surface area contributed by atoms with E-state index in [1.54, 1.807) is 30.6 Å². The van der Waals surface area contributed by atoms with Crippen LogP contribution in [0.5, 0.6) is 5.88 Å². The van der Waals surface area contributed by atoms with Crippen molar-refractivity contribution < 1.29 is 9.53 Å². The fraction of sp³-hybridized carbons (Fsp3) is 0.348. The number of ether oxygens (including phenoxy) is 1. The highest BCUT2D eigenvalue weighted by Gasteiger charge is 2.47. The molecule has 9 heteroatoms. The van der Waals surface area contributed by atoms with Gasteiger partial charge in [0.05, 0.1) is 11.6 Å². The summed E-state index contributed by atoms with van der Waals surface area (Å²) in [6.45, 7) is 2.86. The molecule has 164 valence electrons. The smallest absolute Gasteiger partial charge is 0.273 e. The van der Waals surface area contributed by atoms with E-state index in [9.17, 15) is 4.79 Å². The summed E-state index contributed by atoms with van der Waals surface area (Å²) < 4.78 is 5.91. The zero-order valence-electron chi connectivity index (χ0n) is 17.4. The summed E-state index contributed by atoms with van der Waals surface area (Å²) in [5, 5.41) is 0.720. The Morgan fingerprint density at radius 1 is 1.12 bits per heavy atom. The van der Waals surface area contributed by atoms with Crippen molar-refractivity contribution in [2.45, 2.75) is 25.8 Å². The molecule has 1 saturated carbocycles. The zero-order valence-corrected chi connectivity index (χ0v) is 18.9. The van der Waals surface area contributed by atoms with E-state index >= 15 is 0 Å². The maximum absolute atomic E-state index is 13.7. The van der Waals surface area contributed by atoms with E-state index in [1.807, 2.05) is 24.0 Å². The van der Waals surface area contributed by atoms with Gasteiger partial charge in [0.25, 0.3) is 5.91 Å². The van der Waals surface area contributed by atoms with Gasteiger partial charge in [0.15, 0.2) is 5.82 Å². The van der Waals surface area contributed by atoms with Gasteiger partial charge >= 0.3 is 0 Å². The Kier molecular flexibility index (Phi) is 5.69. The van der Waals surface area contributed by atoms with Gasteiger partial charge in [0.1, 0.15) is 17.5 Å². The number of halogens is 2. The first kappa shape index (κ1) is 21.1. The van der Waals surface area contributed by atoms with Gasteiger partial charge in [-0.15, -0.1) is 0 Å². The lowest BCUT2D eigenvalue weighted by atomic mass is 10.0. The lowest BCUT2D eigenvalue weighted by Crippen LogP contribution is -2.48. The Bertz CT molecular complexity index is 1140. The second-order valence-corrected chi connectivity index (χ2v) is 9.11. The van der Waals surface area contributed by atoms with Crippen molar-refractivity contribution >= 4 is 29.1 Å². The maximum Gasteiger partial charge on any atom is 0.273 e. The fourth-order valence-corrected chi connectivity index (χ4v) is 4.73. The summed E-state index contributed by atoms with van der Waals surface area (Å²) >= 11 is 12.1. The van der Waals surface area contributed by atoms with E-state index in [-0.39, 0.29) is 17.1 Å². The second-order valence-electron chi connectivity index (χ2n) is 8.28. The molecule has 2 fully saturated rings. The Morgan fingerprint density at radius 3 is 2.72 bits per heavy atom. The van der Waals surface area contributed by atoms with E-state index < -0.39 is 0 Å². The average Bonchev–Trinajstić information content (AvgIpc) is 3.55. The van der Waals surface area contributed by atoms with Crippen LogP contribution in [-0.2, 0) is 0 Å². The van der Waals surface area contributed by atoms with Crippen LogP contribution in [0.2, 0.25) is 10.2 Å². The van der Waals surface area contributed by atoms with Crippen LogP contribution in [0.25, 0.3) is 11.4 Å². The molecular weight excluding hydrogens is 449 g/mol. The second kappa shape index (κ2) is 8.64. The first-order chi connectivity index (χ1) is 15.5. The molecule has 4 heterocycles. The predicted molar refractivity (Wildman–Crippen MR) is 121 cm³/mol. The largest absolute Gasteiger partial charge is 0.475 e. The molecule has 0 bridgehead atoms. The zero-order chi connectivity index (χ0) is 22.2. The van der Waals surface area contributed by atoms with E-state index in [0.29, 0.717) is 53.0 Å². The van der Waals surface area contributed by atoms with E-state index in [1.165, 1.54) is 0 Å². The highest BCUT2D eigenvalue weighted by atomic mass is 35.5. The molecule has 7 nitrogen and oxygen atoms in total. The third-order valence-electron chi connectivity index (χ3n) is 5.98. The summed E-state index contributed by atoms with van der Waals surface area (Å²) in [6, 6.07) is 8.54. The number of fused-ring (bicyclic) bond motifs is 1. The number of aryl methyl sites for hydroxylation is 1. The van der Waals surface area contributed by atoms with Gasteiger partial charge in [0, 0.05) is 35.7 Å². The number of carbonyl (C=O) groups excluding carboxylic acids is 1. The quantitative estimate of drug-likeness (QED) is 0.512. The number of rotatable bonds is 5. The maximum atomic E-state index is 13.7. The molecule has 1 amide bonds. The van der Waals surface area contributed by atoms with Crippen molar-refractivity contribution in [3.8, 4) is 17.3 Å². The molecule has 0 spiro atoms. The first-order valence-corrected chi connectivity index (χ1v) is 11.3. The molecule has 0 radical (unpaired) electrons. The number of piperidine rings is 1. The van der Waals surface area contributed by atoms with Crippen molar-refractivity contribution in [3.63, 3.8) is 0 Å². The number of nitrogens with zero attached hydrogens (tertiary/aromatic N) is 5. The molecule has 0 aromatic carbocycles. The van der Waals surface area contributed by atoms with E-state index in [0.717, 1.165) is 18.5 Å². The Balaban J connectivity index is 1.42. The number of amides is 1. The van der Waals surface area contributed by atoms with Crippen LogP contribution in [0.3, 0.4) is 0 Å². The number of hydrogen-bond acceptors (Lipinski definition) is 6. The van der Waals surface area contributed by atoms with Crippen molar-refractivity contribution in [2.75, 3.05) is 13.2 Å². The van der Waals surface area contributed by atoms with E-state index in [4.69, 9.17) is 27.9 Å². The SMILES string of the molecule is Cc1ccc(-c2ncccn2)c(C(=O)N2C[C@H]3C[C@H]3CC2COc2cc(Cl)cc(Cl)n2)n1. The van der Waals surface area contributed by atoms with Gasteiger partial charge in [0.2, 0.25) is 5.88 Å². The number of hydrogen-bond donors (Lipinski definition) is 0. The molecule has 0 N–H and O–H groups in total. The van der Waals surface area contributed by atoms with Crippen LogP contribution in [0.15, 0.2) is 42.7 Å². The number of pyridine rings is 2. The van der Waals surface area contributed by atoms with E-state index in [2.05, 4.69) is 19.9 Å². The molecular formula is C23H21Cl2N5O2. The van der Waals surface area contributed by atoms with Crippen LogP contribution in [-0.4, -0.2) is 49.9 Å². The van der Waals surface area contributed by atoms with Gasteiger partial charge in [-0.2, -0.15) is 0 Å². The van der Waals surface area contributed by atoms with Crippen molar-refractivity contribution in [3.05, 3.63) is 64.3 Å². The van der Waals surface area contributed by atoms with Crippen LogP contribution < -0.4 is 4.74 Å². The highest BCUT2D eigenvalue weighted by molar-refractivity contribution is 6.34. The Hall–Kier alpha value is -2.77. The normalized spacial score (nSPS) is 21.7. The fourth-order valence-electron chi connectivity index (χ4n) is 4.28. The van der Waals surface area contributed by atoms with Crippen LogP contribution in [0.4, 0.5) is 0 Å². The summed E-state index contributed by atoms with van der Waals surface area (Å²) in [5.74, 6) is 1.86. The topological polar surface area (TPSA) is 81.1 Å². The molecule has 1 aliphatic heterocycles. The summed E-state index contributed by atoms with van der Waals surface area (Å²) in [4.78, 5) is 33.0. The minimum atomic E-state index is -0.132. The van der Waals surface area contributed by atoms with Crippen LogP contribution in [0.1, 0.15) is 29.0 Å². The predicted octanol–water partition coefficient (Wildman–Crippen LogP) is 4.48. The molecule has 2 aliphatic rings. The van der Waals surface area contributed by atoms with Crippen molar-refractivity contribution in [1.29, 1.82) is 0 Å². The average molecular weight is 470 g/mol. The molecule has 3 aromatic rings. The third-order valence-corrected chi connectivity index (χ3v) is 6.39. The molecule has 1 saturated heterocycles. The minimum Gasteiger partial charge on any atom is -0.475 e. The summed E-state index contributed by atoms with van der Waals surface area (Å²) in [5.41, 5.74) is 1.76. The molecule has 32 heavy (non-hydrogen) atoms. The van der Waals surface area contributed by atoms with Crippen molar-refractivity contribution in [1.82, 2.24) is 24.8 Å². The summed E-state index contributed by atoms with van der Waals surface area (Å²) in [6.07, 6.45) is 5.34. The monoisotopic (exact) mass is 469 g/mol. The Labute approximate surface area is 195 Å². The van der Waals surface area contributed by atoms with Crippen molar-refractivity contribution in [2.24, 2.45) is 11.8 Å². The number of carbonyl (C=O) groups is 1. The summed E-state index contributed by atoms with van der Waals surface area (Å²) in [7, 11) is 0. The van der Waals surface area contributed by atoms with Gasteiger partial charge in [-0.05, 0) is 55.9 Å². The number of aromatic nitrogens is 4. The van der Waals surface area contributed by atoms with Gasteiger partial charge in [-0.1, -0.05) is 23.2 Å². The lowest BCUT2D eigenvalue weighted by molar-refractivity contribution is 0.0503. The highest BCUT2D eigenvalue weighted by Crippen LogP contribution is 2.47. The number of likely N-dealkylation sites (tertiary alicyclic amines) is 1. The standard InChI is InChI=1S/C23H21Cl2N5O2/c1-13-3-4-18(22-26-5-2-6-27-22)21(28-13)23(31)30-11-15-7-14(15)8-17(30)12-32-20-10-16(24)9-19(25)29-20/h2-6,9-10,14-15,17H,7-8,11-12H2,1H3/t14-,15+,17?/m0/s1. The van der Waals surface area contributed by atoms with Gasteiger partial charge in [-0.3, -0.25) is 4.79 Å². The Morgan fingerprint density at radius 2 is 1.94 bits per heavy atom.